The van der Waals surface area contributed by atoms with Crippen molar-refractivity contribution in [3.8, 4) is 0 Å². The summed E-state index contributed by atoms with van der Waals surface area (Å²) < 4.78 is 0. The second-order valence-electron chi connectivity index (χ2n) is 4.86. The maximum atomic E-state index is 4.48. The number of hydrogen-bond donors (Lipinski definition) is 1. The van der Waals surface area contributed by atoms with Gasteiger partial charge < -0.3 is 5.32 Å². The van der Waals surface area contributed by atoms with Crippen LogP contribution in [0.15, 0.2) is 24.4 Å². The van der Waals surface area contributed by atoms with Gasteiger partial charge in [-0.25, -0.2) is 0 Å². The molecule has 0 aromatic carbocycles. The van der Waals surface area contributed by atoms with Gasteiger partial charge in [0.05, 0.1) is 0 Å². The number of nitrogens with zero attached hydrogens (tertiary/aromatic N) is 1. The Morgan fingerprint density at radius 2 is 2.25 bits per heavy atom. The predicted octanol–water partition coefficient (Wildman–Crippen LogP) is 2.96. The van der Waals surface area contributed by atoms with Gasteiger partial charge in [0.25, 0.3) is 0 Å². The highest BCUT2D eigenvalue weighted by Crippen LogP contribution is 2.38. The van der Waals surface area contributed by atoms with Crippen LogP contribution in [0.3, 0.4) is 0 Å². The maximum absolute atomic E-state index is 4.48. The van der Waals surface area contributed by atoms with Gasteiger partial charge in [-0.1, -0.05) is 19.9 Å². The molecule has 1 aliphatic rings. The van der Waals surface area contributed by atoms with Crippen molar-refractivity contribution < 1.29 is 0 Å². The molecular weight excluding hydrogens is 196 g/mol. The first-order valence-corrected chi connectivity index (χ1v) is 6.47. The SMILES string of the molecule is CCCNC(C1CC1)C(C)c1ccccn1. The molecule has 16 heavy (non-hydrogen) atoms. The first kappa shape index (κ1) is 11.6. The van der Waals surface area contributed by atoms with Crippen LogP contribution < -0.4 is 5.32 Å². The van der Waals surface area contributed by atoms with Crippen molar-refractivity contribution in [2.75, 3.05) is 6.54 Å². The van der Waals surface area contributed by atoms with Crippen molar-refractivity contribution in [1.82, 2.24) is 10.3 Å². The van der Waals surface area contributed by atoms with E-state index < -0.39 is 0 Å². The second-order valence-corrected chi connectivity index (χ2v) is 4.86. The molecule has 1 aliphatic carbocycles. The van der Waals surface area contributed by atoms with E-state index in [1.54, 1.807) is 0 Å². The summed E-state index contributed by atoms with van der Waals surface area (Å²) in [5.41, 5.74) is 1.23. The van der Waals surface area contributed by atoms with Crippen molar-refractivity contribution >= 4 is 0 Å². The van der Waals surface area contributed by atoms with Gasteiger partial charge in [-0.05, 0) is 43.9 Å². The van der Waals surface area contributed by atoms with Gasteiger partial charge in [0, 0.05) is 23.9 Å². The lowest BCUT2D eigenvalue weighted by Gasteiger charge is -2.24. The van der Waals surface area contributed by atoms with Crippen molar-refractivity contribution in [3.63, 3.8) is 0 Å². The largest absolute Gasteiger partial charge is 0.313 e. The van der Waals surface area contributed by atoms with Gasteiger partial charge in [-0.2, -0.15) is 0 Å². The van der Waals surface area contributed by atoms with E-state index in [-0.39, 0.29) is 0 Å². The number of hydrogen-bond acceptors (Lipinski definition) is 2. The Kier molecular flexibility index (Phi) is 3.94. The van der Waals surface area contributed by atoms with E-state index in [9.17, 15) is 0 Å². The lowest BCUT2D eigenvalue weighted by molar-refractivity contribution is 0.402. The molecule has 1 aromatic heterocycles. The van der Waals surface area contributed by atoms with Crippen LogP contribution >= 0.6 is 0 Å². The molecule has 2 nitrogen and oxygen atoms in total. The Bertz CT molecular complexity index is 306. The predicted molar refractivity (Wildman–Crippen MR) is 67.5 cm³/mol. The van der Waals surface area contributed by atoms with Crippen molar-refractivity contribution in [3.05, 3.63) is 30.1 Å². The zero-order valence-corrected chi connectivity index (χ0v) is 10.3. The number of nitrogens with one attached hydrogen (secondary N) is 1. The van der Waals surface area contributed by atoms with Crippen molar-refractivity contribution in [2.24, 2.45) is 5.92 Å². The molecule has 1 fully saturated rings. The third-order valence-corrected chi connectivity index (χ3v) is 3.45. The molecule has 1 saturated carbocycles. The lowest BCUT2D eigenvalue weighted by Crippen LogP contribution is -2.36. The van der Waals surface area contributed by atoms with Crippen LogP contribution in [0.5, 0.6) is 0 Å². The minimum Gasteiger partial charge on any atom is -0.313 e. The summed E-state index contributed by atoms with van der Waals surface area (Å²) in [7, 11) is 0. The van der Waals surface area contributed by atoms with E-state index in [0.29, 0.717) is 12.0 Å². The zero-order valence-electron chi connectivity index (χ0n) is 10.3. The molecule has 0 radical (unpaired) electrons. The topological polar surface area (TPSA) is 24.9 Å². The maximum Gasteiger partial charge on any atom is 0.0447 e. The van der Waals surface area contributed by atoms with E-state index in [1.165, 1.54) is 25.0 Å². The summed E-state index contributed by atoms with van der Waals surface area (Å²) in [6.07, 6.45) is 5.88. The van der Waals surface area contributed by atoms with Crippen molar-refractivity contribution in [1.29, 1.82) is 0 Å². The Labute approximate surface area is 98.5 Å². The highest BCUT2D eigenvalue weighted by molar-refractivity contribution is 5.13. The van der Waals surface area contributed by atoms with Gasteiger partial charge in [-0.3, -0.25) is 4.98 Å². The molecule has 0 amide bonds. The minimum atomic E-state index is 0.528. The third kappa shape index (κ3) is 2.82. The van der Waals surface area contributed by atoms with Crippen LogP contribution in [-0.2, 0) is 0 Å². The van der Waals surface area contributed by atoms with Crippen LogP contribution in [0.2, 0.25) is 0 Å². The molecule has 1 aromatic rings. The first-order valence-electron chi connectivity index (χ1n) is 6.47. The molecule has 0 spiro atoms. The van der Waals surface area contributed by atoms with Gasteiger partial charge in [0.2, 0.25) is 0 Å². The Morgan fingerprint density at radius 1 is 1.44 bits per heavy atom. The summed E-state index contributed by atoms with van der Waals surface area (Å²) in [5, 5.41) is 3.69. The third-order valence-electron chi connectivity index (χ3n) is 3.45. The van der Waals surface area contributed by atoms with E-state index >= 15 is 0 Å². The summed E-state index contributed by atoms with van der Waals surface area (Å²) in [4.78, 5) is 4.48. The van der Waals surface area contributed by atoms with Gasteiger partial charge in [0.1, 0.15) is 0 Å². The molecule has 88 valence electrons. The molecule has 2 rings (SSSR count). The van der Waals surface area contributed by atoms with Crippen LogP contribution in [0, 0.1) is 5.92 Å². The average Bonchev–Trinajstić information content (AvgIpc) is 3.15. The highest BCUT2D eigenvalue weighted by Gasteiger charge is 2.35. The van der Waals surface area contributed by atoms with Crippen LogP contribution in [0.25, 0.3) is 0 Å². The Hall–Kier alpha value is -0.890. The first-order chi connectivity index (χ1) is 7.83. The van der Waals surface area contributed by atoms with E-state index in [2.05, 4.69) is 36.3 Å². The number of pyridine rings is 1. The van der Waals surface area contributed by atoms with E-state index in [1.807, 2.05) is 12.3 Å². The zero-order chi connectivity index (χ0) is 11.4. The van der Waals surface area contributed by atoms with Crippen LogP contribution in [-0.4, -0.2) is 17.6 Å². The summed E-state index contributed by atoms with van der Waals surface area (Å²) in [6, 6.07) is 6.84. The van der Waals surface area contributed by atoms with E-state index in [0.717, 1.165) is 12.5 Å². The highest BCUT2D eigenvalue weighted by atomic mass is 14.9. The molecule has 1 N–H and O–H groups in total. The van der Waals surface area contributed by atoms with Crippen LogP contribution in [0.1, 0.15) is 44.7 Å². The molecular formula is C14H22N2. The quantitative estimate of drug-likeness (QED) is 0.794. The summed E-state index contributed by atoms with van der Waals surface area (Å²) in [5.74, 6) is 1.41. The van der Waals surface area contributed by atoms with Crippen LogP contribution in [0.4, 0.5) is 0 Å². The number of aromatic nitrogens is 1. The fourth-order valence-corrected chi connectivity index (χ4v) is 2.35. The molecule has 2 unspecified atom stereocenters. The van der Waals surface area contributed by atoms with E-state index in [4.69, 9.17) is 0 Å². The molecule has 0 bridgehead atoms. The van der Waals surface area contributed by atoms with Crippen molar-refractivity contribution in [2.45, 2.75) is 45.1 Å². The standard InChI is InChI=1S/C14H22N2/c1-3-9-16-14(12-7-8-12)11(2)13-6-4-5-10-15-13/h4-6,10-12,14,16H,3,7-9H2,1-2H3. The minimum absolute atomic E-state index is 0.528. The number of rotatable bonds is 6. The fourth-order valence-electron chi connectivity index (χ4n) is 2.35. The molecule has 2 atom stereocenters. The lowest BCUT2D eigenvalue weighted by atomic mass is 9.93. The summed E-state index contributed by atoms with van der Waals surface area (Å²) in [6.45, 7) is 5.65. The normalized spacial score (nSPS) is 19.4. The molecule has 2 heteroatoms. The molecule has 1 heterocycles. The fraction of sp³-hybridized carbons (Fsp3) is 0.643. The monoisotopic (exact) mass is 218 g/mol. The average molecular weight is 218 g/mol. The Morgan fingerprint density at radius 3 is 2.81 bits per heavy atom. The second kappa shape index (κ2) is 5.44. The Balaban J connectivity index is 2.01. The smallest absolute Gasteiger partial charge is 0.0447 e. The summed E-state index contributed by atoms with van der Waals surface area (Å²) >= 11 is 0. The van der Waals surface area contributed by atoms with Gasteiger partial charge in [0.15, 0.2) is 0 Å². The molecule has 0 aliphatic heterocycles. The van der Waals surface area contributed by atoms with Gasteiger partial charge >= 0.3 is 0 Å². The molecule has 0 saturated heterocycles. The van der Waals surface area contributed by atoms with Gasteiger partial charge in [-0.15, -0.1) is 0 Å².